The van der Waals surface area contributed by atoms with Gasteiger partial charge in [-0.25, -0.2) is 9.07 Å². The molecule has 116 valence electrons. The zero-order valence-corrected chi connectivity index (χ0v) is 12.6. The van der Waals surface area contributed by atoms with E-state index in [1.54, 1.807) is 25.1 Å². The molecule has 0 amide bonds. The summed E-state index contributed by atoms with van der Waals surface area (Å²) in [5, 5.41) is 4.32. The summed E-state index contributed by atoms with van der Waals surface area (Å²) in [7, 11) is 0. The van der Waals surface area contributed by atoms with Gasteiger partial charge in [-0.05, 0) is 24.6 Å². The van der Waals surface area contributed by atoms with Gasteiger partial charge in [-0.1, -0.05) is 42.5 Å². The molecule has 23 heavy (non-hydrogen) atoms. The quantitative estimate of drug-likeness (QED) is 0.809. The average molecular weight is 309 g/mol. The molecule has 0 bridgehead atoms. The molecule has 0 aliphatic carbocycles. The molecule has 4 nitrogen and oxygen atoms in total. The minimum absolute atomic E-state index is 0.185. The Morgan fingerprint density at radius 3 is 2.43 bits per heavy atom. The highest BCUT2D eigenvalue weighted by Crippen LogP contribution is 2.17. The lowest BCUT2D eigenvalue weighted by Gasteiger charge is -2.15. The molecule has 0 fully saturated rings. The van der Waals surface area contributed by atoms with Gasteiger partial charge in [0, 0.05) is 11.8 Å². The molecule has 0 spiro atoms. The topological polar surface area (TPSA) is 60.9 Å². The van der Waals surface area contributed by atoms with Crippen molar-refractivity contribution in [1.82, 2.24) is 9.78 Å². The second-order valence-electron chi connectivity index (χ2n) is 5.29. The first kappa shape index (κ1) is 15.1. The van der Waals surface area contributed by atoms with Crippen molar-refractivity contribution < 1.29 is 4.39 Å². The Morgan fingerprint density at radius 1 is 1.09 bits per heavy atom. The number of para-hydroxylation sites is 1. The van der Waals surface area contributed by atoms with E-state index in [2.05, 4.69) is 5.10 Å². The maximum absolute atomic E-state index is 14.0. The van der Waals surface area contributed by atoms with Crippen LogP contribution in [0.3, 0.4) is 0 Å². The molecule has 3 rings (SSSR count). The molecule has 2 aromatic carbocycles. The third kappa shape index (κ3) is 2.91. The Bertz CT molecular complexity index is 890. The van der Waals surface area contributed by atoms with Crippen molar-refractivity contribution in [3.63, 3.8) is 0 Å². The van der Waals surface area contributed by atoms with Gasteiger partial charge in [0.15, 0.2) is 0 Å². The Labute approximate surface area is 133 Å². The van der Waals surface area contributed by atoms with E-state index in [-0.39, 0.29) is 16.8 Å². The van der Waals surface area contributed by atoms with Crippen LogP contribution in [0.2, 0.25) is 0 Å². The first-order chi connectivity index (χ1) is 11.1. The van der Waals surface area contributed by atoms with Gasteiger partial charge in [0.25, 0.3) is 0 Å². The van der Waals surface area contributed by atoms with Crippen LogP contribution in [0.25, 0.3) is 5.69 Å². The van der Waals surface area contributed by atoms with Crippen LogP contribution in [0, 0.1) is 12.7 Å². The maximum Gasteiger partial charge on any atom is 0.205 e. The number of benzene rings is 2. The van der Waals surface area contributed by atoms with Gasteiger partial charge in [0.1, 0.15) is 17.2 Å². The van der Waals surface area contributed by atoms with Crippen LogP contribution < -0.4 is 11.2 Å². The van der Waals surface area contributed by atoms with Crippen molar-refractivity contribution in [3.8, 4) is 5.69 Å². The van der Waals surface area contributed by atoms with Gasteiger partial charge >= 0.3 is 0 Å². The van der Waals surface area contributed by atoms with Crippen molar-refractivity contribution in [2.75, 3.05) is 0 Å². The van der Waals surface area contributed by atoms with Gasteiger partial charge in [-0.3, -0.25) is 4.79 Å². The molecule has 1 atom stereocenters. The predicted molar refractivity (Wildman–Crippen MR) is 87.0 cm³/mol. The molecular formula is C18H16FN3O. The highest BCUT2D eigenvalue weighted by molar-refractivity contribution is 5.35. The van der Waals surface area contributed by atoms with Crippen molar-refractivity contribution in [2.24, 2.45) is 5.73 Å². The molecular weight excluding hydrogens is 293 g/mol. The Balaban J connectivity index is 2.15. The minimum atomic E-state index is -0.665. The van der Waals surface area contributed by atoms with Gasteiger partial charge in [-0.2, -0.15) is 5.10 Å². The second kappa shape index (κ2) is 6.14. The Hall–Kier alpha value is -2.79. The molecule has 0 radical (unpaired) electrons. The zero-order chi connectivity index (χ0) is 16.4. The summed E-state index contributed by atoms with van der Waals surface area (Å²) in [6, 6.07) is 16.3. The summed E-state index contributed by atoms with van der Waals surface area (Å²) in [6.07, 6.45) is 0. The van der Waals surface area contributed by atoms with Crippen molar-refractivity contribution in [1.29, 1.82) is 0 Å². The lowest BCUT2D eigenvalue weighted by molar-refractivity contribution is 0.599. The maximum atomic E-state index is 14.0. The molecule has 0 aliphatic heterocycles. The molecule has 1 aromatic heterocycles. The molecule has 1 unspecified atom stereocenters. The van der Waals surface area contributed by atoms with Crippen LogP contribution in [0.5, 0.6) is 0 Å². The van der Waals surface area contributed by atoms with Crippen molar-refractivity contribution in [3.05, 3.63) is 93.7 Å². The molecule has 2 N–H and O–H groups in total. The standard InChI is InChI=1S/C18H16FN3O/c1-12-11-16(23)18(17(20)13-7-3-2-4-8-13)21-22(12)15-10-6-5-9-14(15)19/h2-11,17H,20H2,1H3. The summed E-state index contributed by atoms with van der Waals surface area (Å²) in [5.74, 6) is -0.411. The first-order valence-corrected chi connectivity index (χ1v) is 7.24. The smallest absolute Gasteiger partial charge is 0.205 e. The molecule has 0 aliphatic rings. The van der Waals surface area contributed by atoms with Gasteiger partial charge in [0.2, 0.25) is 5.43 Å². The second-order valence-corrected chi connectivity index (χ2v) is 5.29. The van der Waals surface area contributed by atoms with E-state index >= 15 is 0 Å². The largest absolute Gasteiger partial charge is 0.319 e. The van der Waals surface area contributed by atoms with Crippen LogP contribution in [0.1, 0.15) is 23.0 Å². The monoisotopic (exact) mass is 309 g/mol. The number of rotatable bonds is 3. The van der Waals surface area contributed by atoms with Gasteiger partial charge in [-0.15, -0.1) is 0 Å². The van der Waals surface area contributed by atoms with E-state index < -0.39 is 11.9 Å². The normalized spacial score (nSPS) is 12.1. The fraction of sp³-hybridized carbons (Fsp3) is 0.111. The Kier molecular flexibility index (Phi) is 4.04. The van der Waals surface area contributed by atoms with Crippen LogP contribution in [-0.2, 0) is 0 Å². The predicted octanol–water partition coefficient (Wildman–Crippen LogP) is 2.73. The first-order valence-electron chi connectivity index (χ1n) is 7.24. The van der Waals surface area contributed by atoms with E-state index in [4.69, 9.17) is 5.73 Å². The fourth-order valence-electron chi connectivity index (χ4n) is 2.46. The van der Waals surface area contributed by atoms with Gasteiger partial charge < -0.3 is 5.73 Å². The fourth-order valence-corrected chi connectivity index (χ4v) is 2.46. The molecule has 0 saturated heterocycles. The molecule has 1 heterocycles. The van der Waals surface area contributed by atoms with E-state index in [0.29, 0.717) is 5.69 Å². The molecule has 5 heteroatoms. The lowest BCUT2D eigenvalue weighted by atomic mass is 10.0. The van der Waals surface area contributed by atoms with Gasteiger partial charge in [0.05, 0.1) is 6.04 Å². The highest BCUT2D eigenvalue weighted by atomic mass is 19.1. The SMILES string of the molecule is Cc1cc(=O)c(C(N)c2ccccc2)nn1-c1ccccc1F. The number of aromatic nitrogens is 2. The van der Waals surface area contributed by atoms with E-state index in [9.17, 15) is 9.18 Å². The van der Waals surface area contributed by atoms with Crippen LogP contribution in [0.4, 0.5) is 4.39 Å². The summed E-state index contributed by atoms with van der Waals surface area (Å²) in [5.41, 5.74) is 7.72. The summed E-state index contributed by atoms with van der Waals surface area (Å²) >= 11 is 0. The number of hydrogen-bond acceptors (Lipinski definition) is 3. The number of nitrogens with zero attached hydrogens (tertiary/aromatic N) is 2. The van der Waals surface area contributed by atoms with E-state index in [1.165, 1.54) is 16.8 Å². The van der Waals surface area contributed by atoms with E-state index in [0.717, 1.165) is 5.56 Å². The molecule has 0 saturated carbocycles. The van der Waals surface area contributed by atoms with Crippen molar-refractivity contribution >= 4 is 0 Å². The number of hydrogen-bond donors (Lipinski definition) is 1. The third-order valence-corrected chi connectivity index (χ3v) is 3.67. The number of halogens is 1. The highest BCUT2D eigenvalue weighted by Gasteiger charge is 2.17. The van der Waals surface area contributed by atoms with Crippen LogP contribution in [0.15, 0.2) is 65.5 Å². The zero-order valence-electron chi connectivity index (χ0n) is 12.6. The summed E-state index contributed by atoms with van der Waals surface area (Å²) < 4.78 is 15.5. The number of aryl methyl sites for hydroxylation is 1. The minimum Gasteiger partial charge on any atom is -0.319 e. The Morgan fingerprint density at radius 2 is 1.74 bits per heavy atom. The van der Waals surface area contributed by atoms with Crippen molar-refractivity contribution in [2.45, 2.75) is 13.0 Å². The lowest BCUT2D eigenvalue weighted by Crippen LogP contribution is -2.26. The summed E-state index contributed by atoms with van der Waals surface area (Å²) in [6.45, 7) is 1.71. The summed E-state index contributed by atoms with van der Waals surface area (Å²) in [4.78, 5) is 12.3. The number of nitrogens with two attached hydrogens (primary N) is 1. The third-order valence-electron chi connectivity index (χ3n) is 3.67. The van der Waals surface area contributed by atoms with Crippen LogP contribution >= 0.6 is 0 Å². The molecule has 3 aromatic rings. The van der Waals surface area contributed by atoms with Crippen LogP contribution in [-0.4, -0.2) is 9.78 Å². The van der Waals surface area contributed by atoms with E-state index in [1.807, 2.05) is 30.3 Å². The average Bonchev–Trinajstić information content (AvgIpc) is 2.56.